The molecule has 31 heavy (non-hydrogen) atoms. The summed E-state index contributed by atoms with van der Waals surface area (Å²) in [4.78, 5) is 21.9. The number of nitrogens with zero attached hydrogens (tertiary/aromatic N) is 4. The lowest BCUT2D eigenvalue weighted by molar-refractivity contribution is 0.0952. The van der Waals surface area contributed by atoms with Crippen molar-refractivity contribution in [2.75, 3.05) is 24.2 Å². The minimum atomic E-state index is -0.226. The molecule has 3 aromatic rings. The predicted octanol–water partition coefficient (Wildman–Crippen LogP) is 5.24. The van der Waals surface area contributed by atoms with Crippen molar-refractivity contribution in [2.45, 2.75) is 38.9 Å². The van der Waals surface area contributed by atoms with E-state index in [0.29, 0.717) is 29.6 Å². The van der Waals surface area contributed by atoms with Crippen LogP contribution in [0, 0.1) is 5.92 Å². The highest BCUT2D eigenvalue weighted by Crippen LogP contribution is 2.25. The molecule has 0 atom stereocenters. The van der Waals surface area contributed by atoms with Crippen LogP contribution in [0.2, 0.25) is 5.02 Å². The standard InChI is InChI=1S/C21H26BrClN6OS/c1-4-9-31-21-27-18(25-11-13(2)3)16-12-26-29(19(16)28-21)8-7-24-20(30)15-10-14(22)5-6-17(15)23/h5-6,10,12-13H,4,7-9,11H2,1-3H3,(H,24,30)(H,25,27,28). The molecular formula is C21H26BrClN6OS. The minimum Gasteiger partial charge on any atom is -0.369 e. The van der Waals surface area contributed by atoms with Crippen molar-refractivity contribution in [3.63, 3.8) is 0 Å². The van der Waals surface area contributed by atoms with E-state index in [1.807, 2.05) is 0 Å². The van der Waals surface area contributed by atoms with Crippen LogP contribution >= 0.6 is 39.3 Å². The third-order valence-corrected chi connectivity index (χ3v) is 6.25. The Balaban J connectivity index is 1.76. The molecule has 0 saturated carbocycles. The highest BCUT2D eigenvalue weighted by Gasteiger charge is 2.15. The maximum atomic E-state index is 12.5. The van der Waals surface area contributed by atoms with Gasteiger partial charge in [-0.3, -0.25) is 4.79 Å². The molecule has 166 valence electrons. The van der Waals surface area contributed by atoms with Crippen LogP contribution in [0.5, 0.6) is 0 Å². The fourth-order valence-corrected chi connectivity index (χ4v) is 4.09. The molecule has 0 aliphatic carbocycles. The number of halogens is 2. The SMILES string of the molecule is CCCSc1nc(NCC(C)C)c2cnn(CCNC(=O)c3cc(Br)ccc3Cl)c2n1. The Kier molecular flexibility index (Phi) is 8.57. The van der Waals surface area contributed by atoms with E-state index < -0.39 is 0 Å². The van der Waals surface area contributed by atoms with Crippen LogP contribution in [0.25, 0.3) is 11.0 Å². The molecule has 0 aliphatic rings. The van der Waals surface area contributed by atoms with Gasteiger partial charge >= 0.3 is 0 Å². The number of aromatic nitrogens is 4. The molecule has 0 spiro atoms. The first-order valence-electron chi connectivity index (χ1n) is 10.2. The van der Waals surface area contributed by atoms with Crippen LogP contribution in [-0.2, 0) is 6.54 Å². The molecule has 2 heterocycles. The number of hydrogen-bond donors (Lipinski definition) is 2. The summed E-state index contributed by atoms with van der Waals surface area (Å²) in [6.45, 7) is 8.14. The maximum Gasteiger partial charge on any atom is 0.252 e. The van der Waals surface area contributed by atoms with Gasteiger partial charge < -0.3 is 10.6 Å². The fraction of sp³-hybridized carbons (Fsp3) is 0.429. The van der Waals surface area contributed by atoms with Crippen molar-refractivity contribution in [3.05, 3.63) is 39.5 Å². The summed E-state index contributed by atoms with van der Waals surface area (Å²) in [6, 6.07) is 5.20. The summed E-state index contributed by atoms with van der Waals surface area (Å²) < 4.78 is 2.60. The second kappa shape index (κ2) is 11.2. The van der Waals surface area contributed by atoms with Crippen LogP contribution in [0.1, 0.15) is 37.6 Å². The zero-order valence-corrected chi connectivity index (χ0v) is 20.9. The van der Waals surface area contributed by atoms with E-state index in [-0.39, 0.29) is 5.91 Å². The first-order chi connectivity index (χ1) is 14.9. The van der Waals surface area contributed by atoms with E-state index >= 15 is 0 Å². The highest BCUT2D eigenvalue weighted by atomic mass is 79.9. The van der Waals surface area contributed by atoms with Gasteiger partial charge in [0.15, 0.2) is 10.8 Å². The first-order valence-corrected chi connectivity index (χ1v) is 12.4. The van der Waals surface area contributed by atoms with E-state index in [1.165, 1.54) is 0 Å². The average molecular weight is 526 g/mol. The number of carbonyl (C=O) groups is 1. The lowest BCUT2D eigenvalue weighted by Gasteiger charge is -2.11. The molecule has 7 nitrogen and oxygen atoms in total. The Morgan fingerprint density at radius 3 is 2.87 bits per heavy atom. The molecule has 3 rings (SSSR count). The Hall–Kier alpha value is -1.84. The van der Waals surface area contributed by atoms with Crippen molar-refractivity contribution < 1.29 is 4.79 Å². The van der Waals surface area contributed by atoms with Gasteiger partial charge in [-0.15, -0.1) is 0 Å². The smallest absolute Gasteiger partial charge is 0.252 e. The lowest BCUT2D eigenvalue weighted by atomic mass is 10.2. The highest BCUT2D eigenvalue weighted by molar-refractivity contribution is 9.10. The second-order valence-electron chi connectivity index (χ2n) is 7.46. The van der Waals surface area contributed by atoms with Crippen molar-refractivity contribution in [1.82, 2.24) is 25.1 Å². The third kappa shape index (κ3) is 6.33. The van der Waals surface area contributed by atoms with Crippen molar-refractivity contribution in [1.29, 1.82) is 0 Å². The number of anilines is 1. The molecule has 10 heteroatoms. The van der Waals surface area contributed by atoms with E-state index in [1.54, 1.807) is 40.8 Å². The summed E-state index contributed by atoms with van der Waals surface area (Å²) in [6.07, 6.45) is 2.82. The number of benzene rings is 1. The molecule has 0 radical (unpaired) electrons. The van der Waals surface area contributed by atoms with Gasteiger partial charge in [0.25, 0.3) is 5.91 Å². The zero-order chi connectivity index (χ0) is 22.4. The van der Waals surface area contributed by atoms with E-state index in [4.69, 9.17) is 16.6 Å². The topological polar surface area (TPSA) is 84.7 Å². The zero-order valence-electron chi connectivity index (χ0n) is 17.8. The molecule has 0 unspecified atom stereocenters. The number of rotatable bonds is 10. The monoisotopic (exact) mass is 524 g/mol. The Morgan fingerprint density at radius 1 is 1.32 bits per heavy atom. The van der Waals surface area contributed by atoms with E-state index in [2.05, 4.69) is 57.4 Å². The molecule has 2 N–H and O–H groups in total. The van der Waals surface area contributed by atoms with Crippen LogP contribution in [0.4, 0.5) is 5.82 Å². The summed E-state index contributed by atoms with van der Waals surface area (Å²) in [7, 11) is 0. The molecule has 0 saturated heterocycles. The van der Waals surface area contributed by atoms with Gasteiger partial charge in [-0.05, 0) is 30.5 Å². The Bertz CT molecular complexity index is 1060. The van der Waals surface area contributed by atoms with Gasteiger partial charge in [0, 0.05) is 23.3 Å². The first kappa shape index (κ1) is 23.8. The van der Waals surface area contributed by atoms with Crippen molar-refractivity contribution in [2.24, 2.45) is 5.92 Å². The molecular weight excluding hydrogens is 500 g/mol. The van der Waals surface area contributed by atoms with Crippen LogP contribution in [0.15, 0.2) is 34.0 Å². The number of fused-ring (bicyclic) bond motifs is 1. The summed E-state index contributed by atoms with van der Waals surface area (Å²) in [5.74, 6) is 2.02. The van der Waals surface area contributed by atoms with E-state index in [9.17, 15) is 4.79 Å². The molecule has 2 aromatic heterocycles. The number of amides is 1. The number of hydrogen-bond acceptors (Lipinski definition) is 6. The molecule has 0 aliphatic heterocycles. The maximum absolute atomic E-state index is 12.5. The molecule has 0 bridgehead atoms. The van der Waals surface area contributed by atoms with Crippen LogP contribution < -0.4 is 10.6 Å². The quantitative estimate of drug-likeness (QED) is 0.278. The summed E-state index contributed by atoms with van der Waals surface area (Å²) in [5, 5.41) is 12.8. The van der Waals surface area contributed by atoms with Gasteiger partial charge in [-0.2, -0.15) is 5.10 Å². The minimum absolute atomic E-state index is 0.226. The van der Waals surface area contributed by atoms with Crippen molar-refractivity contribution >= 4 is 62.1 Å². The second-order valence-corrected chi connectivity index (χ2v) is 9.85. The average Bonchev–Trinajstić information content (AvgIpc) is 3.15. The summed E-state index contributed by atoms with van der Waals surface area (Å²) >= 11 is 11.2. The molecule has 1 aromatic carbocycles. The predicted molar refractivity (Wildman–Crippen MR) is 131 cm³/mol. The fourth-order valence-electron chi connectivity index (χ4n) is 2.83. The van der Waals surface area contributed by atoms with Crippen LogP contribution in [0.3, 0.4) is 0 Å². The van der Waals surface area contributed by atoms with Gasteiger partial charge in [-0.25, -0.2) is 14.6 Å². The van der Waals surface area contributed by atoms with Crippen LogP contribution in [-0.4, -0.2) is 44.5 Å². The van der Waals surface area contributed by atoms with Gasteiger partial charge in [0.05, 0.1) is 28.7 Å². The number of carbonyl (C=O) groups excluding carboxylic acids is 1. The van der Waals surface area contributed by atoms with E-state index in [0.717, 1.165) is 45.2 Å². The van der Waals surface area contributed by atoms with Gasteiger partial charge in [0.2, 0.25) is 0 Å². The number of nitrogens with one attached hydrogen (secondary N) is 2. The largest absolute Gasteiger partial charge is 0.369 e. The van der Waals surface area contributed by atoms with Gasteiger partial charge in [0.1, 0.15) is 5.82 Å². The Morgan fingerprint density at radius 2 is 2.13 bits per heavy atom. The summed E-state index contributed by atoms with van der Waals surface area (Å²) in [5.41, 5.74) is 1.19. The number of thioether (sulfide) groups is 1. The lowest BCUT2D eigenvalue weighted by Crippen LogP contribution is -2.27. The third-order valence-electron chi connectivity index (χ3n) is 4.37. The molecule has 0 fully saturated rings. The molecule has 1 amide bonds. The van der Waals surface area contributed by atoms with Gasteiger partial charge in [-0.1, -0.05) is 60.1 Å². The Labute approximate surface area is 199 Å². The normalized spacial score (nSPS) is 11.3. The van der Waals surface area contributed by atoms with Crippen molar-refractivity contribution in [3.8, 4) is 0 Å².